The van der Waals surface area contributed by atoms with Crippen molar-refractivity contribution in [2.24, 2.45) is 0 Å². The van der Waals surface area contributed by atoms with E-state index in [0.717, 1.165) is 13.1 Å². The number of urea groups is 1. The first-order chi connectivity index (χ1) is 12.6. The molecule has 1 aliphatic heterocycles. The normalized spacial score (nSPS) is 17.3. The summed E-state index contributed by atoms with van der Waals surface area (Å²) < 4.78 is 5.48. The average molecular weight is 374 g/mol. The van der Waals surface area contributed by atoms with Gasteiger partial charge in [-0.1, -0.05) is 48.0 Å². The van der Waals surface area contributed by atoms with Crippen LogP contribution in [0.25, 0.3) is 0 Å². The Morgan fingerprint density at radius 3 is 2.54 bits per heavy atom. The van der Waals surface area contributed by atoms with Crippen LogP contribution in [0.2, 0.25) is 5.02 Å². The Morgan fingerprint density at radius 2 is 1.85 bits per heavy atom. The van der Waals surface area contributed by atoms with Crippen molar-refractivity contribution in [3.05, 3.63) is 65.2 Å². The fourth-order valence-corrected chi connectivity index (χ4v) is 3.53. The molecule has 5 nitrogen and oxygen atoms in total. The van der Waals surface area contributed by atoms with Gasteiger partial charge in [-0.15, -0.1) is 0 Å². The molecule has 1 saturated heterocycles. The average Bonchev–Trinajstić information content (AvgIpc) is 2.63. The number of hydrogen-bond donors (Lipinski definition) is 2. The first-order valence-corrected chi connectivity index (χ1v) is 9.21. The zero-order valence-electron chi connectivity index (χ0n) is 14.8. The molecule has 2 amide bonds. The van der Waals surface area contributed by atoms with Gasteiger partial charge < -0.3 is 15.4 Å². The molecule has 0 radical (unpaired) electrons. The van der Waals surface area contributed by atoms with Gasteiger partial charge in [-0.25, -0.2) is 4.79 Å². The number of benzene rings is 2. The third-order valence-electron chi connectivity index (χ3n) is 4.50. The molecule has 0 bridgehead atoms. The molecule has 1 aliphatic rings. The Hall–Kier alpha value is -2.08. The van der Waals surface area contributed by atoms with E-state index in [4.69, 9.17) is 16.3 Å². The number of carbonyl (C=O) groups excluding carboxylic acids is 1. The Morgan fingerprint density at radius 1 is 1.12 bits per heavy atom. The molecule has 2 atom stereocenters. The maximum atomic E-state index is 12.4. The van der Waals surface area contributed by atoms with E-state index in [1.54, 1.807) is 12.1 Å². The number of carbonyl (C=O) groups is 1. The Balaban J connectivity index is 1.70. The van der Waals surface area contributed by atoms with Crippen molar-refractivity contribution >= 4 is 23.3 Å². The van der Waals surface area contributed by atoms with Gasteiger partial charge in [-0.05, 0) is 30.7 Å². The second-order valence-corrected chi connectivity index (χ2v) is 6.84. The van der Waals surface area contributed by atoms with Crippen molar-refractivity contribution in [2.45, 2.75) is 19.0 Å². The van der Waals surface area contributed by atoms with Crippen molar-refractivity contribution in [1.29, 1.82) is 0 Å². The largest absolute Gasteiger partial charge is 0.379 e. The minimum Gasteiger partial charge on any atom is -0.379 e. The van der Waals surface area contributed by atoms with Gasteiger partial charge in [-0.2, -0.15) is 0 Å². The fraction of sp³-hybridized carbons (Fsp3) is 0.350. The Kier molecular flexibility index (Phi) is 6.50. The van der Waals surface area contributed by atoms with E-state index in [1.807, 2.05) is 37.3 Å². The smallest absolute Gasteiger partial charge is 0.319 e. The number of ether oxygens (including phenoxy) is 1. The molecule has 138 valence electrons. The second kappa shape index (κ2) is 9.03. The van der Waals surface area contributed by atoms with Gasteiger partial charge in [0.2, 0.25) is 0 Å². The fourth-order valence-electron chi connectivity index (χ4n) is 3.34. The van der Waals surface area contributed by atoms with Crippen LogP contribution >= 0.6 is 11.6 Å². The molecule has 0 saturated carbocycles. The van der Waals surface area contributed by atoms with Gasteiger partial charge in [0.15, 0.2) is 0 Å². The molecule has 0 unspecified atom stereocenters. The highest BCUT2D eigenvalue weighted by Gasteiger charge is 2.28. The number of nitrogens with zero attached hydrogens (tertiary/aromatic N) is 1. The standard InChI is InChI=1S/C20H24ClN3O2/c1-15(22-20(25)23-18-9-5-8-17(21)14-18)19(16-6-3-2-4-7-16)24-10-12-26-13-11-24/h2-9,14-15,19H,10-13H2,1H3,(H2,22,23,25)/t15-,19-/m1/s1. The number of rotatable bonds is 5. The van der Waals surface area contributed by atoms with E-state index >= 15 is 0 Å². The molecule has 2 N–H and O–H groups in total. The second-order valence-electron chi connectivity index (χ2n) is 6.40. The van der Waals surface area contributed by atoms with Gasteiger partial charge in [0, 0.05) is 29.8 Å². The highest BCUT2D eigenvalue weighted by Crippen LogP contribution is 2.25. The van der Waals surface area contributed by atoms with Crippen LogP contribution in [-0.4, -0.2) is 43.3 Å². The van der Waals surface area contributed by atoms with Crippen LogP contribution in [0.4, 0.5) is 10.5 Å². The molecule has 0 aliphatic carbocycles. The molecule has 0 aromatic heterocycles. The molecule has 1 heterocycles. The lowest BCUT2D eigenvalue weighted by Crippen LogP contribution is -2.49. The Labute approximate surface area is 159 Å². The molecule has 2 aromatic carbocycles. The van der Waals surface area contributed by atoms with Crippen LogP contribution in [0.15, 0.2) is 54.6 Å². The van der Waals surface area contributed by atoms with Crippen LogP contribution in [0.1, 0.15) is 18.5 Å². The summed E-state index contributed by atoms with van der Waals surface area (Å²) in [5.41, 5.74) is 1.86. The lowest BCUT2D eigenvalue weighted by molar-refractivity contribution is 0.00974. The van der Waals surface area contributed by atoms with Crippen LogP contribution < -0.4 is 10.6 Å². The molecule has 2 aromatic rings. The highest BCUT2D eigenvalue weighted by molar-refractivity contribution is 6.30. The molecule has 6 heteroatoms. The van der Waals surface area contributed by atoms with Crippen LogP contribution in [0.3, 0.4) is 0 Å². The minimum absolute atomic E-state index is 0.0744. The van der Waals surface area contributed by atoms with Crippen molar-refractivity contribution in [1.82, 2.24) is 10.2 Å². The monoisotopic (exact) mass is 373 g/mol. The van der Waals surface area contributed by atoms with Crippen molar-refractivity contribution < 1.29 is 9.53 Å². The predicted octanol–water partition coefficient (Wildman–Crippen LogP) is 3.92. The van der Waals surface area contributed by atoms with Gasteiger partial charge >= 0.3 is 6.03 Å². The maximum Gasteiger partial charge on any atom is 0.319 e. The third kappa shape index (κ3) is 4.97. The van der Waals surface area contributed by atoms with Gasteiger partial charge in [0.05, 0.1) is 19.3 Å². The van der Waals surface area contributed by atoms with Gasteiger partial charge in [0.1, 0.15) is 0 Å². The third-order valence-corrected chi connectivity index (χ3v) is 4.73. The lowest BCUT2D eigenvalue weighted by atomic mass is 9.98. The highest BCUT2D eigenvalue weighted by atomic mass is 35.5. The van der Waals surface area contributed by atoms with Crippen molar-refractivity contribution in [2.75, 3.05) is 31.6 Å². The number of hydrogen-bond acceptors (Lipinski definition) is 3. The first-order valence-electron chi connectivity index (χ1n) is 8.83. The van der Waals surface area contributed by atoms with Crippen molar-refractivity contribution in [3.8, 4) is 0 Å². The van der Waals surface area contributed by atoms with E-state index in [2.05, 4.69) is 27.7 Å². The molecular formula is C20H24ClN3O2. The summed E-state index contributed by atoms with van der Waals surface area (Å²) in [5, 5.41) is 6.50. The molecular weight excluding hydrogens is 350 g/mol. The topological polar surface area (TPSA) is 53.6 Å². The van der Waals surface area contributed by atoms with Gasteiger partial charge in [0.25, 0.3) is 0 Å². The number of anilines is 1. The van der Waals surface area contributed by atoms with E-state index in [-0.39, 0.29) is 18.1 Å². The Bertz CT molecular complexity index is 720. The van der Waals surface area contributed by atoms with Crippen LogP contribution in [0, 0.1) is 0 Å². The molecule has 3 rings (SSSR count). The lowest BCUT2D eigenvalue weighted by Gasteiger charge is -2.38. The van der Waals surface area contributed by atoms with E-state index in [9.17, 15) is 4.79 Å². The summed E-state index contributed by atoms with van der Waals surface area (Å²) in [6.45, 7) is 5.16. The molecule has 26 heavy (non-hydrogen) atoms. The quantitative estimate of drug-likeness (QED) is 0.835. The zero-order valence-corrected chi connectivity index (χ0v) is 15.6. The van der Waals surface area contributed by atoms with Crippen LogP contribution in [-0.2, 0) is 4.74 Å². The summed E-state index contributed by atoms with van der Waals surface area (Å²) in [7, 11) is 0. The van der Waals surface area contributed by atoms with Gasteiger partial charge in [-0.3, -0.25) is 4.90 Å². The van der Waals surface area contributed by atoms with E-state index in [0.29, 0.717) is 23.9 Å². The first kappa shape index (κ1) is 18.7. The molecule has 0 spiro atoms. The maximum absolute atomic E-state index is 12.4. The zero-order chi connectivity index (χ0) is 18.4. The van der Waals surface area contributed by atoms with Crippen molar-refractivity contribution in [3.63, 3.8) is 0 Å². The summed E-state index contributed by atoms with van der Waals surface area (Å²) in [5.74, 6) is 0. The molecule has 1 fully saturated rings. The predicted molar refractivity (Wildman–Crippen MR) is 105 cm³/mol. The summed E-state index contributed by atoms with van der Waals surface area (Å²) in [4.78, 5) is 14.8. The number of morpholine rings is 1. The number of halogens is 1. The minimum atomic E-state index is -0.242. The van der Waals surface area contributed by atoms with Crippen LogP contribution in [0.5, 0.6) is 0 Å². The van der Waals surface area contributed by atoms with E-state index in [1.165, 1.54) is 5.56 Å². The summed E-state index contributed by atoms with van der Waals surface area (Å²) >= 11 is 5.98. The SMILES string of the molecule is C[C@@H](NC(=O)Nc1cccc(Cl)c1)[C@H](c1ccccc1)N1CCOCC1. The summed E-state index contributed by atoms with van der Waals surface area (Å²) in [6.07, 6.45) is 0. The number of nitrogens with one attached hydrogen (secondary N) is 2. The van der Waals surface area contributed by atoms with E-state index < -0.39 is 0 Å². The number of amides is 2. The summed E-state index contributed by atoms with van der Waals surface area (Å²) in [6, 6.07) is 17.2.